The predicted molar refractivity (Wildman–Crippen MR) is 33.7 cm³/mol. The highest BCUT2D eigenvalue weighted by atomic mass is 19.4. The van der Waals surface area contributed by atoms with Crippen LogP contribution in [0.3, 0.4) is 0 Å². The van der Waals surface area contributed by atoms with Gasteiger partial charge in [-0.15, -0.1) is 13.2 Å². The minimum Gasteiger partial charge on any atom is -0.370 e. The predicted octanol–water partition coefficient (Wildman–Crippen LogP) is 2.53. The van der Waals surface area contributed by atoms with Crippen molar-refractivity contribution in [1.29, 1.82) is 0 Å². The summed E-state index contributed by atoms with van der Waals surface area (Å²) in [6, 6.07) is -1.90. The number of hydrogen-bond acceptors (Lipinski definition) is 3. The normalized spacial score (nSPS) is 12.7. The van der Waals surface area contributed by atoms with E-state index in [9.17, 15) is 30.7 Å². The molecule has 0 saturated heterocycles. The fraction of sp³-hybridized carbons (Fsp3) is 0.333. The zero-order valence-corrected chi connectivity index (χ0v) is 7.03. The minimum atomic E-state index is -5.29. The van der Waals surface area contributed by atoms with E-state index in [2.05, 4.69) is 14.7 Å². The van der Waals surface area contributed by atoms with E-state index in [0.717, 1.165) is 0 Å². The van der Waals surface area contributed by atoms with Crippen molar-refractivity contribution in [1.82, 2.24) is 9.97 Å². The first-order valence-corrected chi connectivity index (χ1v) is 3.45. The average molecular weight is 250 g/mol. The molecule has 0 aromatic carbocycles. The van der Waals surface area contributed by atoms with Crippen LogP contribution in [0.5, 0.6) is 6.01 Å². The molecule has 0 atom stereocenters. The Kier molecular flexibility index (Phi) is 2.93. The fourth-order valence-electron chi connectivity index (χ4n) is 0.691. The summed E-state index contributed by atoms with van der Waals surface area (Å²) in [6.07, 6.45) is -10.4. The number of halogens is 7. The fourth-order valence-corrected chi connectivity index (χ4v) is 0.691. The van der Waals surface area contributed by atoms with Gasteiger partial charge < -0.3 is 4.74 Å². The van der Waals surface area contributed by atoms with Crippen LogP contribution < -0.4 is 4.74 Å². The molecule has 0 aliphatic rings. The highest BCUT2D eigenvalue weighted by Crippen LogP contribution is 2.29. The van der Waals surface area contributed by atoms with Gasteiger partial charge >= 0.3 is 18.5 Å². The lowest BCUT2D eigenvalue weighted by Crippen LogP contribution is -2.20. The van der Waals surface area contributed by atoms with Crippen molar-refractivity contribution in [3.63, 3.8) is 0 Å². The molecule has 0 N–H and O–H groups in total. The lowest BCUT2D eigenvalue weighted by molar-refractivity contribution is -0.278. The van der Waals surface area contributed by atoms with Crippen LogP contribution in [0.1, 0.15) is 5.69 Å². The number of alkyl halides is 6. The van der Waals surface area contributed by atoms with E-state index in [0.29, 0.717) is 0 Å². The number of aromatic nitrogens is 2. The minimum absolute atomic E-state index is 0.150. The first-order valence-electron chi connectivity index (χ1n) is 3.45. The van der Waals surface area contributed by atoms with Crippen molar-refractivity contribution in [3.05, 3.63) is 17.7 Å². The standard InChI is InChI=1S/C6HF7N2O/c7-3-1-2(5(8,9)10)14-4(15-3)16-6(11,12)13/h1H. The highest BCUT2D eigenvalue weighted by molar-refractivity contribution is 5.10. The van der Waals surface area contributed by atoms with E-state index in [1.807, 2.05) is 0 Å². The summed E-state index contributed by atoms with van der Waals surface area (Å²) >= 11 is 0. The van der Waals surface area contributed by atoms with Crippen LogP contribution in [0.4, 0.5) is 30.7 Å². The Morgan fingerprint density at radius 2 is 1.56 bits per heavy atom. The molecule has 0 aliphatic heterocycles. The van der Waals surface area contributed by atoms with Gasteiger partial charge in [0, 0.05) is 6.07 Å². The lowest BCUT2D eigenvalue weighted by atomic mass is 10.4. The van der Waals surface area contributed by atoms with Gasteiger partial charge in [0.25, 0.3) is 0 Å². The maximum Gasteiger partial charge on any atom is 0.575 e. The second-order valence-corrected chi connectivity index (χ2v) is 2.40. The number of rotatable bonds is 1. The number of hydrogen-bond donors (Lipinski definition) is 0. The summed E-state index contributed by atoms with van der Waals surface area (Å²) in [4.78, 5) is 4.78. The van der Waals surface area contributed by atoms with Crippen LogP contribution in [0.25, 0.3) is 0 Å². The van der Waals surface area contributed by atoms with E-state index in [1.165, 1.54) is 0 Å². The first-order chi connectivity index (χ1) is 7.08. The van der Waals surface area contributed by atoms with E-state index in [1.54, 1.807) is 0 Å². The van der Waals surface area contributed by atoms with Gasteiger partial charge in [-0.25, -0.2) is 0 Å². The monoisotopic (exact) mass is 250 g/mol. The summed E-state index contributed by atoms with van der Waals surface area (Å²) < 4.78 is 86.1. The Labute approximate surface area is 82.9 Å². The average Bonchev–Trinajstić information content (AvgIpc) is 1.97. The van der Waals surface area contributed by atoms with Crippen molar-refractivity contribution in [2.24, 2.45) is 0 Å². The molecule has 10 heteroatoms. The van der Waals surface area contributed by atoms with E-state index in [4.69, 9.17) is 0 Å². The molecule has 0 aliphatic carbocycles. The van der Waals surface area contributed by atoms with Gasteiger partial charge in [-0.1, -0.05) is 0 Å². The topological polar surface area (TPSA) is 35.0 Å². The van der Waals surface area contributed by atoms with Crippen LogP contribution in [0.2, 0.25) is 0 Å². The van der Waals surface area contributed by atoms with Crippen LogP contribution >= 0.6 is 0 Å². The van der Waals surface area contributed by atoms with Gasteiger partial charge in [-0.3, -0.25) is 0 Å². The molecule has 16 heavy (non-hydrogen) atoms. The third-order valence-corrected chi connectivity index (χ3v) is 1.17. The number of ether oxygens (including phenoxy) is 1. The quantitative estimate of drug-likeness (QED) is 0.567. The third-order valence-electron chi connectivity index (χ3n) is 1.17. The van der Waals surface area contributed by atoms with Crippen molar-refractivity contribution in [2.75, 3.05) is 0 Å². The van der Waals surface area contributed by atoms with E-state index >= 15 is 0 Å². The Morgan fingerprint density at radius 1 is 1.00 bits per heavy atom. The third kappa shape index (κ3) is 3.51. The van der Waals surface area contributed by atoms with Crippen LogP contribution in [-0.4, -0.2) is 16.3 Å². The van der Waals surface area contributed by atoms with Crippen LogP contribution in [-0.2, 0) is 6.18 Å². The molecule has 1 aromatic heterocycles. The molecule has 0 bridgehead atoms. The summed E-state index contributed by atoms with van der Waals surface area (Å²) in [5.74, 6) is -1.78. The van der Waals surface area contributed by atoms with Crippen molar-refractivity contribution < 1.29 is 35.5 Å². The van der Waals surface area contributed by atoms with Crippen molar-refractivity contribution in [2.45, 2.75) is 12.5 Å². The molecule has 0 unspecified atom stereocenters. The summed E-state index contributed by atoms with van der Waals surface area (Å²) in [5, 5.41) is 0. The molecule has 0 amide bonds. The molecular formula is C6HF7N2O. The maximum absolute atomic E-state index is 12.4. The van der Waals surface area contributed by atoms with Gasteiger partial charge in [0.15, 0.2) is 5.69 Å². The van der Waals surface area contributed by atoms with E-state index in [-0.39, 0.29) is 6.07 Å². The molecule has 0 radical (unpaired) electrons. The first kappa shape index (κ1) is 12.5. The van der Waals surface area contributed by atoms with Gasteiger partial charge in [-0.05, 0) is 0 Å². The van der Waals surface area contributed by atoms with Gasteiger partial charge in [0.2, 0.25) is 5.95 Å². The smallest absolute Gasteiger partial charge is 0.370 e. The SMILES string of the molecule is Fc1cc(C(F)(F)F)nc(OC(F)(F)F)n1. The molecule has 0 fully saturated rings. The van der Waals surface area contributed by atoms with Crippen molar-refractivity contribution in [3.8, 4) is 6.01 Å². The summed E-state index contributed by atoms with van der Waals surface area (Å²) in [5.41, 5.74) is -1.86. The molecule has 1 rings (SSSR count). The van der Waals surface area contributed by atoms with Crippen LogP contribution in [0.15, 0.2) is 6.07 Å². The second-order valence-electron chi connectivity index (χ2n) is 2.40. The maximum atomic E-state index is 12.4. The zero-order chi connectivity index (χ0) is 12.6. The number of nitrogens with zero attached hydrogens (tertiary/aromatic N) is 2. The lowest BCUT2D eigenvalue weighted by Gasteiger charge is -2.09. The molecule has 0 saturated carbocycles. The second kappa shape index (κ2) is 3.76. The van der Waals surface area contributed by atoms with Crippen molar-refractivity contribution >= 4 is 0 Å². The highest BCUT2D eigenvalue weighted by Gasteiger charge is 2.37. The Morgan fingerprint density at radius 3 is 2.00 bits per heavy atom. The summed E-state index contributed by atoms with van der Waals surface area (Å²) in [6.45, 7) is 0. The summed E-state index contributed by atoms with van der Waals surface area (Å²) in [7, 11) is 0. The zero-order valence-electron chi connectivity index (χ0n) is 7.03. The largest absolute Gasteiger partial charge is 0.575 e. The Balaban J connectivity index is 3.09. The molecule has 3 nitrogen and oxygen atoms in total. The van der Waals surface area contributed by atoms with Crippen LogP contribution in [0, 0.1) is 5.95 Å². The van der Waals surface area contributed by atoms with Gasteiger partial charge in [0.1, 0.15) is 0 Å². The molecule has 0 spiro atoms. The molecule has 1 aromatic rings. The molecule has 90 valence electrons. The van der Waals surface area contributed by atoms with Gasteiger partial charge in [-0.2, -0.15) is 27.5 Å². The Hall–Kier alpha value is -1.61. The van der Waals surface area contributed by atoms with Gasteiger partial charge in [0.05, 0.1) is 0 Å². The Bertz CT molecular complexity index is 385. The molecule has 1 heterocycles. The van der Waals surface area contributed by atoms with E-state index < -0.39 is 30.2 Å². The molecular weight excluding hydrogens is 249 g/mol.